The predicted molar refractivity (Wildman–Crippen MR) is 72.5 cm³/mol. The largest absolute Gasteiger partial charge is 0.326 e. The fourth-order valence-corrected chi connectivity index (χ4v) is 3.08. The van der Waals surface area contributed by atoms with Gasteiger partial charge in [-0.2, -0.15) is 0 Å². The molecule has 3 rings (SSSR count). The van der Waals surface area contributed by atoms with E-state index in [-0.39, 0.29) is 17.8 Å². The first kappa shape index (κ1) is 12.6. The van der Waals surface area contributed by atoms with Gasteiger partial charge in [-0.25, -0.2) is 4.39 Å². The Morgan fingerprint density at radius 1 is 1.37 bits per heavy atom. The summed E-state index contributed by atoms with van der Waals surface area (Å²) in [6.45, 7) is 0. The van der Waals surface area contributed by atoms with Crippen molar-refractivity contribution >= 4 is 11.6 Å². The minimum absolute atomic E-state index is 0.0243. The quantitative estimate of drug-likeness (QED) is 0.879. The maximum Gasteiger partial charge on any atom is 0.224 e. The van der Waals surface area contributed by atoms with Crippen LogP contribution in [0.4, 0.5) is 10.1 Å². The number of rotatable bonds is 3. The number of benzene rings is 1. The Kier molecular flexibility index (Phi) is 3.27. The van der Waals surface area contributed by atoms with E-state index in [0.29, 0.717) is 24.4 Å². The molecule has 1 aliphatic carbocycles. The molecule has 4 heteroatoms. The van der Waals surface area contributed by atoms with Crippen LogP contribution in [0, 0.1) is 11.7 Å². The number of amides is 1. The lowest BCUT2D eigenvalue weighted by molar-refractivity contribution is -0.116. The summed E-state index contributed by atoms with van der Waals surface area (Å²) in [6.07, 6.45) is 4.77. The highest BCUT2D eigenvalue weighted by Gasteiger charge is 2.30. The van der Waals surface area contributed by atoms with Crippen LogP contribution in [-0.4, -0.2) is 13.0 Å². The van der Waals surface area contributed by atoms with Crippen molar-refractivity contribution in [2.75, 3.05) is 12.4 Å². The van der Waals surface area contributed by atoms with E-state index in [2.05, 4.69) is 10.6 Å². The molecular formula is C15H19FN2O. The zero-order valence-electron chi connectivity index (χ0n) is 11.1. The molecule has 1 saturated carbocycles. The summed E-state index contributed by atoms with van der Waals surface area (Å²) in [5, 5.41) is 5.99. The van der Waals surface area contributed by atoms with Gasteiger partial charge in [0.1, 0.15) is 5.82 Å². The third kappa shape index (κ3) is 2.25. The van der Waals surface area contributed by atoms with Gasteiger partial charge >= 0.3 is 0 Å². The van der Waals surface area contributed by atoms with Crippen LogP contribution in [0.2, 0.25) is 0 Å². The van der Waals surface area contributed by atoms with E-state index in [9.17, 15) is 9.18 Å². The van der Waals surface area contributed by atoms with E-state index in [1.165, 1.54) is 25.3 Å². The monoisotopic (exact) mass is 262 g/mol. The average molecular weight is 262 g/mol. The molecule has 1 aromatic carbocycles. The summed E-state index contributed by atoms with van der Waals surface area (Å²) in [7, 11) is 1.89. The number of hydrogen-bond donors (Lipinski definition) is 2. The van der Waals surface area contributed by atoms with Gasteiger partial charge in [-0.1, -0.05) is 6.42 Å². The molecule has 2 N–H and O–H groups in total. The molecule has 1 amide bonds. The van der Waals surface area contributed by atoms with E-state index < -0.39 is 0 Å². The number of aryl methyl sites for hydroxylation is 1. The molecule has 0 aromatic heterocycles. The molecule has 19 heavy (non-hydrogen) atoms. The Balaban J connectivity index is 1.95. The lowest BCUT2D eigenvalue weighted by Gasteiger charge is -2.34. The van der Waals surface area contributed by atoms with Crippen LogP contribution in [0.1, 0.15) is 42.9 Å². The standard InChI is InChI=1S/C15H19FN2O/c1-17-15(9-3-2-4-9)11-7-10-5-6-14(19)18-13(10)8-12(11)16/h7-9,15,17H,2-6H2,1H3,(H,18,19). The topological polar surface area (TPSA) is 41.1 Å². The van der Waals surface area contributed by atoms with Gasteiger partial charge in [-0.3, -0.25) is 4.79 Å². The molecule has 1 unspecified atom stereocenters. The third-order valence-electron chi connectivity index (χ3n) is 4.39. The van der Waals surface area contributed by atoms with Crippen molar-refractivity contribution in [3.8, 4) is 0 Å². The molecule has 1 aromatic rings. The summed E-state index contributed by atoms with van der Waals surface area (Å²) in [5.74, 6) is 0.298. The molecule has 0 spiro atoms. The zero-order valence-corrected chi connectivity index (χ0v) is 11.1. The lowest BCUT2D eigenvalue weighted by Crippen LogP contribution is -2.31. The van der Waals surface area contributed by atoms with Gasteiger partial charge in [0.2, 0.25) is 5.91 Å². The highest BCUT2D eigenvalue weighted by Crippen LogP contribution is 2.39. The Morgan fingerprint density at radius 3 is 2.79 bits per heavy atom. The molecule has 3 nitrogen and oxygen atoms in total. The normalized spacial score (nSPS) is 20.4. The predicted octanol–water partition coefficient (Wildman–Crippen LogP) is 2.77. The third-order valence-corrected chi connectivity index (χ3v) is 4.39. The number of halogens is 1. The summed E-state index contributed by atoms with van der Waals surface area (Å²) < 4.78 is 14.3. The van der Waals surface area contributed by atoms with Crippen LogP contribution in [0.5, 0.6) is 0 Å². The van der Waals surface area contributed by atoms with Gasteiger partial charge < -0.3 is 10.6 Å². The van der Waals surface area contributed by atoms with Crippen molar-refractivity contribution in [3.63, 3.8) is 0 Å². The first-order valence-electron chi connectivity index (χ1n) is 6.98. The Bertz CT molecular complexity index is 511. The Labute approximate surface area is 112 Å². The Hall–Kier alpha value is -1.42. The van der Waals surface area contributed by atoms with Crippen LogP contribution in [0.3, 0.4) is 0 Å². The fourth-order valence-electron chi connectivity index (χ4n) is 3.08. The van der Waals surface area contributed by atoms with E-state index in [0.717, 1.165) is 11.1 Å². The summed E-state index contributed by atoms with van der Waals surface area (Å²) in [5.41, 5.74) is 2.44. The van der Waals surface area contributed by atoms with Crippen LogP contribution < -0.4 is 10.6 Å². The average Bonchev–Trinajstić information content (AvgIpc) is 2.33. The lowest BCUT2D eigenvalue weighted by atomic mass is 9.76. The second-order valence-electron chi connectivity index (χ2n) is 5.54. The summed E-state index contributed by atoms with van der Waals surface area (Å²) in [6, 6.07) is 3.51. The summed E-state index contributed by atoms with van der Waals surface area (Å²) >= 11 is 0. The van der Waals surface area contributed by atoms with Crippen molar-refractivity contribution in [3.05, 3.63) is 29.1 Å². The number of anilines is 1. The highest BCUT2D eigenvalue weighted by molar-refractivity contribution is 5.93. The fraction of sp³-hybridized carbons (Fsp3) is 0.533. The van der Waals surface area contributed by atoms with E-state index in [1.54, 1.807) is 0 Å². The number of nitrogens with one attached hydrogen (secondary N) is 2. The zero-order chi connectivity index (χ0) is 13.4. The number of carbonyl (C=O) groups is 1. The smallest absolute Gasteiger partial charge is 0.224 e. The van der Waals surface area contributed by atoms with Gasteiger partial charge in [-0.15, -0.1) is 0 Å². The highest BCUT2D eigenvalue weighted by atomic mass is 19.1. The minimum atomic E-state index is -0.216. The first-order valence-corrected chi connectivity index (χ1v) is 6.98. The minimum Gasteiger partial charge on any atom is -0.326 e. The number of carbonyl (C=O) groups excluding carboxylic acids is 1. The second kappa shape index (κ2) is 4.93. The van der Waals surface area contributed by atoms with Gasteiger partial charge in [0.05, 0.1) is 0 Å². The van der Waals surface area contributed by atoms with Crippen molar-refractivity contribution in [1.82, 2.24) is 5.32 Å². The van der Waals surface area contributed by atoms with Gasteiger partial charge in [0.15, 0.2) is 0 Å². The maximum atomic E-state index is 14.3. The van der Waals surface area contributed by atoms with Crippen LogP contribution >= 0.6 is 0 Å². The number of hydrogen-bond acceptors (Lipinski definition) is 2. The van der Waals surface area contributed by atoms with Crippen molar-refractivity contribution in [2.24, 2.45) is 5.92 Å². The molecule has 1 heterocycles. The van der Waals surface area contributed by atoms with Gasteiger partial charge in [0.25, 0.3) is 0 Å². The number of fused-ring (bicyclic) bond motifs is 1. The molecule has 1 aliphatic heterocycles. The first-order chi connectivity index (χ1) is 9.19. The van der Waals surface area contributed by atoms with Crippen LogP contribution in [0.25, 0.3) is 0 Å². The molecule has 2 aliphatic rings. The van der Waals surface area contributed by atoms with Gasteiger partial charge in [0, 0.05) is 23.7 Å². The molecule has 0 radical (unpaired) electrons. The van der Waals surface area contributed by atoms with Crippen LogP contribution in [-0.2, 0) is 11.2 Å². The van der Waals surface area contributed by atoms with E-state index in [4.69, 9.17) is 0 Å². The van der Waals surface area contributed by atoms with E-state index >= 15 is 0 Å². The maximum absolute atomic E-state index is 14.3. The molecule has 1 fully saturated rings. The molecule has 0 saturated heterocycles. The van der Waals surface area contributed by atoms with Crippen LogP contribution in [0.15, 0.2) is 12.1 Å². The Morgan fingerprint density at radius 2 is 2.16 bits per heavy atom. The molecule has 0 bridgehead atoms. The summed E-state index contributed by atoms with van der Waals surface area (Å²) in [4.78, 5) is 11.3. The van der Waals surface area contributed by atoms with Crippen molar-refractivity contribution < 1.29 is 9.18 Å². The molecular weight excluding hydrogens is 243 g/mol. The second-order valence-corrected chi connectivity index (χ2v) is 5.54. The van der Waals surface area contributed by atoms with Crippen molar-refractivity contribution in [2.45, 2.75) is 38.1 Å². The van der Waals surface area contributed by atoms with Gasteiger partial charge in [-0.05, 0) is 49.9 Å². The SMILES string of the molecule is CNC(c1cc2c(cc1F)NC(=O)CC2)C1CCC1. The van der Waals surface area contributed by atoms with Crippen molar-refractivity contribution in [1.29, 1.82) is 0 Å². The molecule has 102 valence electrons. The molecule has 1 atom stereocenters. The van der Waals surface area contributed by atoms with E-state index in [1.807, 2.05) is 13.1 Å².